The molecule has 1 aliphatic rings. The van der Waals surface area contributed by atoms with Crippen molar-refractivity contribution in [2.24, 2.45) is 0 Å². The summed E-state index contributed by atoms with van der Waals surface area (Å²) in [6, 6.07) is 0.353. The maximum absolute atomic E-state index is 5.43. The largest absolute Gasteiger partial charge is 0.379 e. The van der Waals surface area contributed by atoms with Crippen LogP contribution in [0.25, 0.3) is 0 Å². The zero-order valence-electron chi connectivity index (χ0n) is 9.73. The summed E-state index contributed by atoms with van der Waals surface area (Å²) >= 11 is 0. The van der Waals surface area contributed by atoms with Crippen LogP contribution in [0, 0.1) is 0 Å². The second kappa shape index (κ2) is 5.12. The van der Waals surface area contributed by atoms with Crippen LogP contribution in [-0.2, 0) is 4.74 Å². The van der Waals surface area contributed by atoms with Crippen LogP contribution in [-0.4, -0.2) is 36.3 Å². The molecule has 2 N–H and O–H groups in total. The van der Waals surface area contributed by atoms with E-state index in [2.05, 4.69) is 20.6 Å². The van der Waals surface area contributed by atoms with Gasteiger partial charge in [-0.15, -0.1) is 0 Å². The van der Waals surface area contributed by atoms with Crippen LogP contribution in [0.2, 0.25) is 0 Å². The first kappa shape index (κ1) is 11.1. The summed E-state index contributed by atoms with van der Waals surface area (Å²) < 4.78 is 5.43. The minimum absolute atomic E-state index is 0.292. The molecule has 2 rings (SSSR count). The van der Waals surface area contributed by atoms with Gasteiger partial charge in [0.2, 0.25) is 0 Å². The van der Waals surface area contributed by atoms with Crippen LogP contribution in [0.1, 0.15) is 19.3 Å². The average molecular weight is 222 g/mol. The number of hydrogen-bond acceptors (Lipinski definition) is 5. The van der Waals surface area contributed by atoms with Crippen molar-refractivity contribution in [2.45, 2.75) is 31.4 Å². The molecule has 5 nitrogen and oxygen atoms in total. The number of rotatable bonds is 4. The van der Waals surface area contributed by atoms with Gasteiger partial charge in [-0.3, -0.25) is 4.98 Å². The van der Waals surface area contributed by atoms with Crippen molar-refractivity contribution in [1.82, 2.24) is 9.97 Å². The molecule has 0 saturated heterocycles. The first-order valence-electron chi connectivity index (χ1n) is 5.62. The molecular formula is C11H18N4O. The Balaban J connectivity index is 2.02. The summed E-state index contributed by atoms with van der Waals surface area (Å²) in [5.41, 5.74) is 0. The van der Waals surface area contributed by atoms with Crippen molar-refractivity contribution in [1.29, 1.82) is 0 Å². The van der Waals surface area contributed by atoms with E-state index in [1.54, 1.807) is 19.5 Å². The summed E-state index contributed by atoms with van der Waals surface area (Å²) in [5.74, 6) is 1.58. The number of anilines is 2. The summed E-state index contributed by atoms with van der Waals surface area (Å²) in [7, 11) is 3.60. The standard InChI is InChI=1S/C11H18N4O/c1-12-10-6-13-7-11(15-10)14-8-4-3-5-9(8)16-2/h6-9H,3-5H2,1-2H3,(H2,12,14,15). The highest BCUT2D eigenvalue weighted by atomic mass is 16.5. The number of ether oxygens (including phenoxy) is 1. The number of nitrogens with zero attached hydrogens (tertiary/aromatic N) is 2. The Labute approximate surface area is 95.6 Å². The molecule has 2 unspecified atom stereocenters. The van der Waals surface area contributed by atoms with Gasteiger partial charge < -0.3 is 15.4 Å². The van der Waals surface area contributed by atoms with Crippen LogP contribution in [0.3, 0.4) is 0 Å². The Hall–Kier alpha value is -1.36. The van der Waals surface area contributed by atoms with Crippen molar-refractivity contribution >= 4 is 11.6 Å². The van der Waals surface area contributed by atoms with Gasteiger partial charge >= 0.3 is 0 Å². The monoisotopic (exact) mass is 222 g/mol. The molecule has 88 valence electrons. The predicted octanol–water partition coefficient (Wildman–Crippen LogP) is 1.50. The van der Waals surface area contributed by atoms with E-state index < -0.39 is 0 Å². The Kier molecular flexibility index (Phi) is 3.56. The fraction of sp³-hybridized carbons (Fsp3) is 0.636. The molecule has 0 aliphatic heterocycles. The molecule has 1 aromatic heterocycles. The molecule has 16 heavy (non-hydrogen) atoms. The highest BCUT2D eigenvalue weighted by molar-refractivity contribution is 5.42. The molecule has 0 amide bonds. The van der Waals surface area contributed by atoms with Crippen molar-refractivity contribution in [3.05, 3.63) is 12.4 Å². The number of nitrogens with one attached hydrogen (secondary N) is 2. The van der Waals surface area contributed by atoms with E-state index >= 15 is 0 Å². The van der Waals surface area contributed by atoms with Gasteiger partial charge in [-0.1, -0.05) is 0 Å². The molecule has 1 aliphatic carbocycles. The molecule has 1 fully saturated rings. The lowest BCUT2D eigenvalue weighted by Gasteiger charge is -2.20. The fourth-order valence-electron chi connectivity index (χ4n) is 2.12. The van der Waals surface area contributed by atoms with Gasteiger partial charge in [0, 0.05) is 14.2 Å². The van der Waals surface area contributed by atoms with E-state index in [9.17, 15) is 0 Å². The Bertz CT molecular complexity index is 345. The molecule has 0 spiro atoms. The molecule has 2 atom stereocenters. The van der Waals surface area contributed by atoms with Gasteiger partial charge in [-0.25, -0.2) is 4.98 Å². The third-order valence-corrected chi connectivity index (χ3v) is 2.98. The van der Waals surface area contributed by atoms with E-state index in [4.69, 9.17) is 4.74 Å². The molecule has 1 saturated carbocycles. The summed E-state index contributed by atoms with van der Waals surface area (Å²) in [6.07, 6.45) is 7.19. The SMILES string of the molecule is CNc1cncc(NC2CCCC2OC)n1. The maximum atomic E-state index is 5.43. The van der Waals surface area contributed by atoms with Crippen molar-refractivity contribution in [2.75, 3.05) is 24.8 Å². The van der Waals surface area contributed by atoms with Crippen molar-refractivity contribution < 1.29 is 4.74 Å². The smallest absolute Gasteiger partial charge is 0.147 e. The number of hydrogen-bond donors (Lipinski definition) is 2. The van der Waals surface area contributed by atoms with Crippen molar-refractivity contribution in [3.8, 4) is 0 Å². The summed E-state index contributed by atoms with van der Waals surface area (Å²) in [6.45, 7) is 0. The van der Waals surface area contributed by atoms with E-state index in [1.807, 2.05) is 7.05 Å². The minimum Gasteiger partial charge on any atom is -0.379 e. The second-order valence-corrected chi connectivity index (χ2v) is 4.00. The molecule has 0 bridgehead atoms. The lowest BCUT2D eigenvalue weighted by atomic mass is 10.2. The minimum atomic E-state index is 0.292. The molecular weight excluding hydrogens is 204 g/mol. The molecule has 5 heteroatoms. The predicted molar refractivity (Wildman–Crippen MR) is 63.6 cm³/mol. The van der Waals surface area contributed by atoms with E-state index in [1.165, 1.54) is 6.42 Å². The highest BCUT2D eigenvalue weighted by Crippen LogP contribution is 2.24. The van der Waals surface area contributed by atoms with E-state index in [0.29, 0.717) is 12.1 Å². The zero-order chi connectivity index (χ0) is 11.4. The van der Waals surface area contributed by atoms with Gasteiger partial charge in [0.15, 0.2) is 0 Å². The maximum Gasteiger partial charge on any atom is 0.147 e. The Morgan fingerprint density at radius 2 is 2.12 bits per heavy atom. The third-order valence-electron chi connectivity index (χ3n) is 2.98. The fourth-order valence-corrected chi connectivity index (χ4v) is 2.12. The quantitative estimate of drug-likeness (QED) is 0.808. The first-order valence-corrected chi connectivity index (χ1v) is 5.62. The van der Waals surface area contributed by atoms with Gasteiger partial charge in [0.25, 0.3) is 0 Å². The Morgan fingerprint density at radius 1 is 1.31 bits per heavy atom. The highest BCUT2D eigenvalue weighted by Gasteiger charge is 2.27. The molecule has 0 aromatic carbocycles. The van der Waals surface area contributed by atoms with Crippen LogP contribution in [0.4, 0.5) is 11.6 Å². The Morgan fingerprint density at radius 3 is 2.88 bits per heavy atom. The average Bonchev–Trinajstić information content (AvgIpc) is 2.76. The lowest BCUT2D eigenvalue weighted by molar-refractivity contribution is 0.101. The van der Waals surface area contributed by atoms with Crippen LogP contribution < -0.4 is 10.6 Å². The normalized spacial score (nSPS) is 24.4. The van der Waals surface area contributed by atoms with Crippen molar-refractivity contribution in [3.63, 3.8) is 0 Å². The zero-order valence-corrected chi connectivity index (χ0v) is 9.73. The number of methoxy groups -OCH3 is 1. The third kappa shape index (κ3) is 2.41. The van der Waals surface area contributed by atoms with Crippen LogP contribution in [0.15, 0.2) is 12.4 Å². The topological polar surface area (TPSA) is 59.1 Å². The van der Waals surface area contributed by atoms with E-state index in [0.717, 1.165) is 24.5 Å². The lowest BCUT2D eigenvalue weighted by Crippen LogP contribution is -2.30. The first-order chi connectivity index (χ1) is 7.83. The van der Waals surface area contributed by atoms with E-state index in [-0.39, 0.29) is 0 Å². The molecule has 1 heterocycles. The van der Waals surface area contributed by atoms with Gasteiger partial charge in [0.05, 0.1) is 24.5 Å². The second-order valence-electron chi connectivity index (χ2n) is 4.00. The van der Waals surface area contributed by atoms with Gasteiger partial charge in [-0.2, -0.15) is 0 Å². The van der Waals surface area contributed by atoms with Gasteiger partial charge in [0.1, 0.15) is 11.6 Å². The number of aromatic nitrogens is 2. The molecule has 1 aromatic rings. The summed E-state index contributed by atoms with van der Waals surface area (Å²) in [5, 5.41) is 6.35. The van der Waals surface area contributed by atoms with Crippen LogP contribution >= 0.6 is 0 Å². The van der Waals surface area contributed by atoms with Gasteiger partial charge in [-0.05, 0) is 19.3 Å². The summed E-state index contributed by atoms with van der Waals surface area (Å²) in [4.78, 5) is 8.50. The molecule has 0 radical (unpaired) electrons. The van der Waals surface area contributed by atoms with Crippen LogP contribution in [0.5, 0.6) is 0 Å².